The quantitative estimate of drug-likeness (QED) is 0.745. The van der Waals surface area contributed by atoms with E-state index in [1.165, 1.54) is 0 Å². The van der Waals surface area contributed by atoms with Crippen LogP contribution in [0.4, 0.5) is 0 Å². The molecule has 0 spiro atoms. The number of amides is 1. The molecule has 0 radical (unpaired) electrons. The van der Waals surface area contributed by atoms with Crippen molar-refractivity contribution in [3.63, 3.8) is 0 Å². The lowest BCUT2D eigenvalue weighted by Crippen LogP contribution is -2.33. The first-order valence-corrected chi connectivity index (χ1v) is 9.19. The van der Waals surface area contributed by atoms with E-state index in [0.29, 0.717) is 6.42 Å². The van der Waals surface area contributed by atoms with Crippen molar-refractivity contribution >= 4 is 5.91 Å². The van der Waals surface area contributed by atoms with Gasteiger partial charge in [0.15, 0.2) is 0 Å². The summed E-state index contributed by atoms with van der Waals surface area (Å²) in [5.74, 6) is 0.280. The molecule has 25 heavy (non-hydrogen) atoms. The highest BCUT2D eigenvalue weighted by molar-refractivity contribution is 5.78. The molecule has 1 atom stereocenters. The van der Waals surface area contributed by atoms with Crippen molar-refractivity contribution in [1.29, 1.82) is 0 Å². The summed E-state index contributed by atoms with van der Waals surface area (Å²) in [4.78, 5) is 14.8. The predicted molar refractivity (Wildman–Crippen MR) is 103 cm³/mol. The van der Waals surface area contributed by atoms with Gasteiger partial charge in [-0.15, -0.1) is 0 Å². The largest absolute Gasteiger partial charge is 0.508 e. The number of nitrogens with zero attached hydrogens (tertiary/aromatic N) is 1. The second-order valence-corrected chi connectivity index (χ2v) is 6.61. The zero-order valence-corrected chi connectivity index (χ0v) is 15.5. The summed E-state index contributed by atoms with van der Waals surface area (Å²) < 4.78 is 0. The molecule has 0 heterocycles. The molecule has 2 rings (SSSR count). The molecular formula is C22H29NO2. The third-order valence-electron chi connectivity index (χ3n) is 4.48. The molecule has 0 aliphatic rings. The third-order valence-corrected chi connectivity index (χ3v) is 4.48. The number of carbonyl (C=O) groups excluding carboxylic acids is 1. The highest BCUT2D eigenvalue weighted by Gasteiger charge is 2.23. The van der Waals surface area contributed by atoms with Crippen LogP contribution in [-0.2, 0) is 4.79 Å². The van der Waals surface area contributed by atoms with Crippen molar-refractivity contribution in [1.82, 2.24) is 4.90 Å². The molecule has 0 unspecified atom stereocenters. The van der Waals surface area contributed by atoms with Gasteiger partial charge in [-0.2, -0.15) is 0 Å². The Morgan fingerprint density at radius 2 is 1.68 bits per heavy atom. The summed E-state index contributed by atoms with van der Waals surface area (Å²) in [5.41, 5.74) is 2.89. The Bertz CT molecular complexity index is 676. The molecule has 134 valence electrons. The van der Waals surface area contributed by atoms with Gasteiger partial charge in [-0.25, -0.2) is 0 Å². The molecule has 1 amide bonds. The Hall–Kier alpha value is -2.29. The summed E-state index contributed by atoms with van der Waals surface area (Å²) in [5, 5.41) is 10.5. The Balaban J connectivity index is 2.34. The van der Waals surface area contributed by atoms with E-state index in [0.717, 1.165) is 42.6 Å². The smallest absolute Gasteiger partial charge is 0.223 e. The number of aryl methyl sites for hydroxylation is 1. The molecule has 1 N–H and O–H groups in total. The van der Waals surface area contributed by atoms with Crippen LogP contribution in [0, 0.1) is 6.92 Å². The minimum Gasteiger partial charge on any atom is -0.508 e. The van der Waals surface area contributed by atoms with E-state index in [1.807, 2.05) is 54.3 Å². The summed E-state index contributed by atoms with van der Waals surface area (Å²) in [7, 11) is 0. The van der Waals surface area contributed by atoms with Crippen LogP contribution in [0.3, 0.4) is 0 Å². The highest BCUT2D eigenvalue weighted by atomic mass is 16.3. The minimum atomic E-state index is -0.134. The summed E-state index contributed by atoms with van der Waals surface area (Å²) in [6.45, 7) is 7.71. The van der Waals surface area contributed by atoms with E-state index in [2.05, 4.69) is 13.8 Å². The van der Waals surface area contributed by atoms with Crippen molar-refractivity contribution < 1.29 is 9.90 Å². The van der Waals surface area contributed by atoms with E-state index >= 15 is 0 Å². The van der Waals surface area contributed by atoms with Crippen molar-refractivity contribution in [2.45, 2.75) is 46.0 Å². The lowest BCUT2D eigenvalue weighted by molar-refractivity contribution is -0.131. The van der Waals surface area contributed by atoms with Crippen LogP contribution >= 0.6 is 0 Å². The van der Waals surface area contributed by atoms with Crippen molar-refractivity contribution in [2.24, 2.45) is 0 Å². The van der Waals surface area contributed by atoms with Crippen LogP contribution in [0.2, 0.25) is 0 Å². The van der Waals surface area contributed by atoms with Gasteiger partial charge in [-0.3, -0.25) is 4.79 Å². The van der Waals surface area contributed by atoms with Crippen molar-refractivity contribution in [3.8, 4) is 5.75 Å². The third kappa shape index (κ3) is 5.09. The summed E-state index contributed by atoms with van der Waals surface area (Å²) >= 11 is 0. The van der Waals surface area contributed by atoms with Gasteiger partial charge in [0, 0.05) is 31.0 Å². The number of aromatic hydroxyl groups is 1. The molecule has 0 aliphatic carbocycles. The fourth-order valence-electron chi connectivity index (χ4n) is 3.25. The lowest BCUT2D eigenvalue weighted by Gasteiger charge is -2.25. The number of hydrogen-bond acceptors (Lipinski definition) is 2. The van der Waals surface area contributed by atoms with Gasteiger partial charge in [0.2, 0.25) is 5.91 Å². The van der Waals surface area contributed by atoms with Crippen molar-refractivity contribution in [3.05, 3.63) is 65.2 Å². The average molecular weight is 339 g/mol. The maximum atomic E-state index is 12.9. The number of benzene rings is 2. The lowest BCUT2D eigenvalue weighted by atomic mass is 9.87. The van der Waals surface area contributed by atoms with Gasteiger partial charge < -0.3 is 10.0 Å². The molecule has 0 aromatic heterocycles. The maximum Gasteiger partial charge on any atom is 0.223 e. The summed E-state index contributed by atoms with van der Waals surface area (Å²) in [6.07, 6.45) is 2.29. The highest BCUT2D eigenvalue weighted by Crippen LogP contribution is 2.34. The van der Waals surface area contributed by atoms with E-state index in [-0.39, 0.29) is 17.6 Å². The van der Waals surface area contributed by atoms with Crippen LogP contribution in [-0.4, -0.2) is 29.0 Å². The second-order valence-electron chi connectivity index (χ2n) is 6.61. The maximum absolute atomic E-state index is 12.9. The Kier molecular flexibility index (Phi) is 7.05. The van der Waals surface area contributed by atoms with E-state index in [9.17, 15) is 9.90 Å². The van der Waals surface area contributed by atoms with Crippen molar-refractivity contribution in [2.75, 3.05) is 13.1 Å². The molecule has 0 aliphatic heterocycles. The van der Waals surface area contributed by atoms with Crippen LogP contribution in [0.1, 0.15) is 55.7 Å². The first kappa shape index (κ1) is 19.0. The van der Waals surface area contributed by atoms with E-state index in [1.54, 1.807) is 6.07 Å². The van der Waals surface area contributed by atoms with Gasteiger partial charge in [0.25, 0.3) is 0 Å². The van der Waals surface area contributed by atoms with Crippen LogP contribution in [0.25, 0.3) is 0 Å². The zero-order chi connectivity index (χ0) is 18.2. The van der Waals surface area contributed by atoms with Crippen LogP contribution < -0.4 is 0 Å². The molecule has 0 saturated heterocycles. The van der Waals surface area contributed by atoms with E-state index < -0.39 is 0 Å². The fourth-order valence-corrected chi connectivity index (χ4v) is 3.25. The Morgan fingerprint density at radius 3 is 2.24 bits per heavy atom. The fraction of sp³-hybridized carbons (Fsp3) is 0.409. The SMILES string of the molecule is CCCN(CCC)C(=O)C[C@@H](c1ccccc1)c1ccc(C)cc1O. The number of phenols is 1. The molecule has 2 aromatic carbocycles. The Morgan fingerprint density at radius 1 is 1.04 bits per heavy atom. The van der Waals surface area contributed by atoms with Gasteiger partial charge in [0.05, 0.1) is 0 Å². The number of rotatable bonds is 8. The summed E-state index contributed by atoms with van der Waals surface area (Å²) in [6, 6.07) is 15.7. The molecule has 2 aromatic rings. The van der Waals surface area contributed by atoms with Gasteiger partial charge >= 0.3 is 0 Å². The molecule has 0 bridgehead atoms. The molecule has 3 nitrogen and oxygen atoms in total. The number of hydrogen-bond donors (Lipinski definition) is 1. The number of carbonyl (C=O) groups is 1. The Labute approximate surface area is 151 Å². The van der Waals surface area contributed by atoms with Gasteiger partial charge in [-0.1, -0.05) is 56.3 Å². The standard InChI is InChI=1S/C22H29NO2/c1-4-13-23(14-5-2)22(25)16-20(18-9-7-6-8-10-18)19-12-11-17(3)15-21(19)24/h6-12,15,20,24H,4-5,13-14,16H2,1-3H3/t20-/m0/s1. The van der Waals surface area contributed by atoms with Gasteiger partial charge in [-0.05, 0) is 37.0 Å². The number of phenolic OH excluding ortho intramolecular Hbond substituents is 1. The molecular weight excluding hydrogens is 310 g/mol. The average Bonchev–Trinajstić information content (AvgIpc) is 2.60. The second kappa shape index (κ2) is 9.26. The molecule has 0 saturated carbocycles. The zero-order valence-electron chi connectivity index (χ0n) is 15.5. The van der Waals surface area contributed by atoms with E-state index in [4.69, 9.17) is 0 Å². The first-order valence-electron chi connectivity index (χ1n) is 9.19. The normalized spacial score (nSPS) is 12.0. The van der Waals surface area contributed by atoms with Crippen LogP contribution in [0.5, 0.6) is 5.75 Å². The molecule has 3 heteroatoms. The van der Waals surface area contributed by atoms with Gasteiger partial charge in [0.1, 0.15) is 5.75 Å². The van der Waals surface area contributed by atoms with Crippen LogP contribution in [0.15, 0.2) is 48.5 Å². The minimum absolute atomic E-state index is 0.134. The monoisotopic (exact) mass is 339 g/mol. The topological polar surface area (TPSA) is 40.5 Å². The predicted octanol–water partition coefficient (Wildman–Crippen LogP) is 4.87. The first-order chi connectivity index (χ1) is 12.1. The molecule has 0 fully saturated rings.